The number of ether oxygens (including phenoxy) is 1. The fraction of sp³-hybridized carbons (Fsp3) is 0.316. The molecule has 0 aliphatic rings. The summed E-state index contributed by atoms with van der Waals surface area (Å²) in [6.07, 6.45) is -0.277. The van der Waals surface area contributed by atoms with E-state index in [0.717, 1.165) is 5.56 Å². The van der Waals surface area contributed by atoms with Gasteiger partial charge in [-0.1, -0.05) is 48.5 Å². The first-order chi connectivity index (χ1) is 10.6. The second-order valence-corrected chi connectivity index (χ2v) is 5.70. The van der Waals surface area contributed by atoms with Crippen molar-refractivity contribution in [3.05, 3.63) is 71.8 Å². The van der Waals surface area contributed by atoms with E-state index < -0.39 is 0 Å². The lowest BCUT2D eigenvalue weighted by Gasteiger charge is -2.27. The van der Waals surface area contributed by atoms with Gasteiger partial charge < -0.3 is 4.74 Å². The molecular formula is C19H23NO2. The Morgan fingerprint density at radius 1 is 1.00 bits per heavy atom. The van der Waals surface area contributed by atoms with Crippen LogP contribution >= 0.6 is 0 Å². The first-order valence-electron chi connectivity index (χ1n) is 7.59. The van der Waals surface area contributed by atoms with Gasteiger partial charge in [0.25, 0.3) is 0 Å². The Hall–Kier alpha value is -2.13. The minimum absolute atomic E-state index is 0.277. The number of carbonyl (C=O) groups is 1. The molecule has 0 saturated carbocycles. The van der Waals surface area contributed by atoms with Crippen LogP contribution in [0.2, 0.25) is 0 Å². The predicted molar refractivity (Wildman–Crippen MR) is 88.8 cm³/mol. The summed E-state index contributed by atoms with van der Waals surface area (Å²) in [5.74, 6) is -0.286. The van der Waals surface area contributed by atoms with Gasteiger partial charge in [0.2, 0.25) is 0 Å². The molecule has 1 unspecified atom stereocenters. The second-order valence-electron chi connectivity index (χ2n) is 5.70. The Balaban J connectivity index is 2.16. The maximum Gasteiger partial charge on any atom is 0.338 e. The van der Waals surface area contributed by atoms with E-state index in [1.807, 2.05) is 55.6 Å². The van der Waals surface area contributed by atoms with Gasteiger partial charge in [-0.2, -0.15) is 0 Å². The van der Waals surface area contributed by atoms with Gasteiger partial charge >= 0.3 is 5.97 Å². The second kappa shape index (κ2) is 7.76. The number of hydrogen-bond donors (Lipinski definition) is 0. The minimum atomic E-state index is -0.286. The van der Waals surface area contributed by atoms with Crippen LogP contribution in [0, 0.1) is 0 Å². The number of likely N-dealkylation sites (N-methyl/N-ethyl adjacent to an activating group) is 1. The van der Waals surface area contributed by atoms with Crippen molar-refractivity contribution in [3.8, 4) is 0 Å². The highest BCUT2D eigenvalue weighted by molar-refractivity contribution is 5.89. The average Bonchev–Trinajstić information content (AvgIpc) is 2.55. The van der Waals surface area contributed by atoms with Gasteiger partial charge in [-0.3, -0.25) is 4.90 Å². The van der Waals surface area contributed by atoms with Crippen LogP contribution in [-0.2, 0) is 4.74 Å². The van der Waals surface area contributed by atoms with Crippen molar-refractivity contribution in [3.63, 3.8) is 0 Å². The van der Waals surface area contributed by atoms with E-state index in [0.29, 0.717) is 18.2 Å². The van der Waals surface area contributed by atoms with E-state index in [2.05, 4.69) is 18.7 Å². The largest absolute Gasteiger partial charge is 0.453 e. The molecule has 0 bridgehead atoms. The van der Waals surface area contributed by atoms with Crippen LogP contribution in [0.1, 0.15) is 35.9 Å². The highest BCUT2D eigenvalue weighted by Crippen LogP contribution is 2.21. The first-order valence-corrected chi connectivity index (χ1v) is 7.59. The Morgan fingerprint density at radius 2 is 1.55 bits per heavy atom. The van der Waals surface area contributed by atoms with E-state index in [4.69, 9.17) is 4.74 Å². The van der Waals surface area contributed by atoms with Gasteiger partial charge in [-0.25, -0.2) is 4.79 Å². The van der Waals surface area contributed by atoms with E-state index in [1.54, 1.807) is 12.1 Å². The lowest BCUT2D eigenvalue weighted by Crippen LogP contribution is -2.32. The molecule has 0 spiro atoms. The maximum atomic E-state index is 12.3. The molecule has 0 amide bonds. The van der Waals surface area contributed by atoms with Crippen LogP contribution in [0.3, 0.4) is 0 Å². The summed E-state index contributed by atoms with van der Waals surface area (Å²) >= 11 is 0. The summed E-state index contributed by atoms with van der Waals surface area (Å²) in [5.41, 5.74) is 1.59. The van der Waals surface area contributed by atoms with Crippen molar-refractivity contribution in [1.29, 1.82) is 0 Å². The summed E-state index contributed by atoms with van der Waals surface area (Å²) in [5, 5.41) is 0. The Morgan fingerprint density at radius 3 is 2.09 bits per heavy atom. The molecule has 2 rings (SSSR count). The first kappa shape index (κ1) is 16.2. The normalized spacial score (nSPS) is 12.4. The molecule has 116 valence electrons. The van der Waals surface area contributed by atoms with Gasteiger partial charge in [0.15, 0.2) is 0 Å². The summed E-state index contributed by atoms with van der Waals surface area (Å²) < 4.78 is 5.76. The Kier molecular flexibility index (Phi) is 5.73. The third-order valence-corrected chi connectivity index (χ3v) is 3.77. The molecule has 0 aliphatic carbocycles. The molecular weight excluding hydrogens is 274 g/mol. The SMILES string of the molecule is CC(C)N(C)CC(OC(=O)c1ccccc1)c1ccccc1. The van der Waals surface area contributed by atoms with Crippen molar-refractivity contribution in [2.45, 2.75) is 26.0 Å². The summed E-state index contributed by atoms with van der Waals surface area (Å²) in [6, 6.07) is 19.4. The van der Waals surface area contributed by atoms with Gasteiger partial charge in [-0.15, -0.1) is 0 Å². The topological polar surface area (TPSA) is 29.5 Å². The molecule has 1 atom stereocenters. The Labute approximate surface area is 132 Å². The molecule has 0 heterocycles. The zero-order chi connectivity index (χ0) is 15.9. The molecule has 2 aromatic rings. The van der Waals surface area contributed by atoms with Crippen LogP contribution in [-0.4, -0.2) is 30.5 Å². The molecule has 0 aliphatic heterocycles. The van der Waals surface area contributed by atoms with Crippen molar-refractivity contribution in [2.75, 3.05) is 13.6 Å². The van der Waals surface area contributed by atoms with E-state index in [1.165, 1.54) is 0 Å². The predicted octanol–water partition coefficient (Wildman–Crippen LogP) is 3.92. The van der Waals surface area contributed by atoms with Crippen LogP contribution in [0.5, 0.6) is 0 Å². The smallest absolute Gasteiger partial charge is 0.338 e. The average molecular weight is 297 g/mol. The quantitative estimate of drug-likeness (QED) is 0.757. The number of carbonyl (C=O) groups excluding carboxylic acids is 1. The fourth-order valence-corrected chi connectivity index (χ4v) is 2.12. The molecule has 22 heavy (non-hydrogen) atoms. The number of rotatable bonds is 6. The summed E-state index contributed by atoms with van der Waals surface area (Å²) in [7, 11) is 2.04. The number of hydrogen-bond acceptors (Lipinski definition) is 3. The van der Waals surface area contributed by atoms with Crippen molar-refractivity contribution < 1.29 is 9.53 Å². The monoisotopic (exact) mass is 297 g/mol. The zero-order valence-corrected chi connectivity index (χ0v) is 13.4. The summed E-state index contributed by atoms with van der Waals surface area (Å²) in [6.45, 7) is 4.92. The molecule has 2 aromatic carbocycles. The molecule has 0 N–H and O–H groups in total. The highest BCUT2D eigenvalue weighted by Gasteiger charge is 2.20. The van der Waals surface area contributed by atoms with E-state index in [-0.39, 0.29) is 12.1 Å². The van der Waals surface area contributed by atoms with E-state index >= 15 is 0 Å². The standard InChI is InChI=1S/C19H23NO2/c1-15(2)20(3)14-18(16-10-6-4-7-11-16)22-19(21)17-12-8-5-9-13-17/h4-13,15,18H,14H2,1-3H3. The molecule has 0 aromatic heterocycles. The third-order valence-electron chi connectivity index (χ3n) is 3.77. The lowest BCUT2D eigenvalue weighted by molar-refractivity contribution is 0.0194. The number of benzene rings is 2. The van der Waals surface area contributed by atoms with Crippen molar-refractivity contribution in [1.82, 2.24) is 4.90 Å². The van der Waals surface area contributed by atoms with Crippen LogP contribution < -0.4 is 0 Å². The van der Waals surface area contributed by atoms with Crippen molar-refractivity contribution >= 4 is 5.97 Å². The molecule has 0 radical (unpaired) electrons. The van der Waals surface area contributed by atoms with Crippen molar-refractivity contribution in [2.24, 2.45) is 0 Å². The molecule has 3 heteroatoms. The lowest BCUT2D eigenvalue weighted by atomic mass is 10.1. The van der Waals surface area contributed by atoms with Crippen LogP contribution in [0.15, 0.2) is 60.7 Å². The van der Waals surface area contributed by atoms with Gasteiger partial charge in [0.1, 0.15) is 6.10 Å². The van der Waals surface area contributed by atoms with Gasteiger partial charge in [0, 0.05) is 12.6 Å². The Bertz CT molecular complexity index is 581. The minimum Gasteiger partial charge on any atom is -0.453 e. The molecule has 0 fully saturated rings. The maximum absolute atomic E-state index is 12.3. The fourth-order valence-electron chi connectivity index (χ4n) is 2.12. The van der Waals surface area contributed by atoms with Gasteiger partial charge in [0.05, 0.1) is 5.56 Å². The summed E-state index contributed by atoms with van der Waals surface area (Å²) in [4.78, 5) is 14.5. The molecule has 3 nitrogen and oxygen atoms in total. The third kappa shape index (κ3) is 4.43. The number of nitrogens with zero attached hydrogens (tertiary/aromatic N) is 1. The molecule has 0 saturated heterocycles. The van der Waals surface area contributed by atoms with E-state index in [9.17, 15) is 4.79 Å². The number of esters is 1. The highest BCUT2D eigenvalue weighted by atomic mass is 16.5. The van der Waals surface area contributed by atoms with Crippen LogP contribution in [0.25, 0.3) is 0 Å². The zero-order valence-electron chi connectivity index (χ0n) is 13.4. The van der Waals surface area contributed by atoms with Gasteiger partial charge in [-0.05, 0) is 38.6 Å². The van der Waals surface area contributed by atoms with Crippen LogP contribution in [0.4, 0.5) is 0 Å².